The summed E-state index contributed by atoms with van der Waals surface area (Å²) in [5.41, 5.74) is 1.15. The molecule has 0 saturated heterocycles. The molecule has 0 amide bonds. The Morgan fingerprint density at radius 2 is 2.00 bits per heavy atom. The van der Waals surface area contributed by atoms with E-state index in [1.807, 2.05) is 19.9 Å². The summed E-state index contributed by atoms with van der Waals surface area (Å²) in [6.45, 7) is 4.00. The summed E-state index contributed by atoms with van der Waals surface area (Å²) in [5.74, 6) is -0.656. The first-order chi connectivity index (χ1) is 8.86. The van der Waals surface area contributed by atoms with Crippen LogP contribution in [0, 0.1) is 13.8 Å². The van der Waals surface area contributed by atoms with Gasteiger partial charge in [-0.05, 0) is 37.1 Å². The Balaban J connectivity index is 2.15. The summed E-state index contributed by atoms with van der Waals surface area (Å²) in [4.78, 5) is 2.40. The summed E-state index contributed by atoms with van der Waals surface area (Å²) in [6.07, 6.45) is 0. The van der Waals surface area contributed by atoms with Crippen molar-refractivity contribution in [3.05, 3.63) is 22.3 Å². The molecule has 100 valence electrons. The molecule has 0 radical (unpaired) electrons. The second-order valence-electron chi connectivity index (χ2n) is 3.97. The number of fused-ring (bicyclic) bond motifs is 1. The molecule has 3 aromatic rings. The van der Waals surface area contributed by atoms with Gasteiger partial charge in [-0.3, -0.25) is 0 Å². The van der Waals surface area contributed by atoms with Crippen LogP contribution < -0.4 is 0 Å². The third kappa shape index (κ3) is 2.13. The smallest absolute Gasteiger partial charge is 0.179 e. The maximum Gasteiger partial charge on any atom is 0.383 e. The van der Waals surface area contributed by atoms with Crippen molar-refractivity contribution in [2.45, 2.75) is 19.2 Å². The van der Waals surface area contributed by atoms with Crippen LogP contribution in [-0.4, -0.2) is 19.8 Å². The van der Waals surface area contributed by atoms with Crippen LogP contribution in [0.15, 0.2) is 6.07 Å². The zero-order valence-electron chi connectivity index (χ0n) is 9.82. The first-order valence-electron chi connectivity index (χ1n) is 5.23. The van der Waals surface area contributed by atoms with Crippen LogP contribution in [-0.2, 0) is 5.38 Å². The van der Waals surface area contributed by atoms with Crippen LogP contribution in [0.1, 0.15) is 16.3 Å². The van der Waals surface area contributed by atoms with E-state index in [0.717, 1.165) is 15.0 Å². The Hall–Kier alpha value is -1.12. The van der Waals surface area contributed by atoms with E-state index in [1.165, 1.54) is 16.2 Å². The van der Waals surface area contributed by atoms with E-state index in [2.05, 4.69) is 15.3 Å². The van der Waals surface area contributed by atoms with Gasteiger partial charge in [0, 0.05) is 4.88 Å². The highest BCUT2D eigenvalue weighted by Crippen LogP contribution is 2.36. The van der Waals surface area contributed by atoms with Crippen molar-refractivity contribution in [2.24, 2.45) is 0 Å². The highest BCUT2D eigenvalue weighted by Gasteiger charge is 2.35. The molecule has 0 unspecified atom stereocenters. The molecule has 3 heterocycles. The number of hydrogen-bond donors (Lipinski definition) is 0. The largest absolute Gasteiger partial charge is 0.383 e. The molecular formula is C10H7ClF2N4S2. The van der Waals surface area contributed by atoms with Crippen LogP contribution in [0.2, 0.25) is 0 Å². The Morgan fingerprint density at radius 3 is 2.58 bits per heavy atom. The van der Waals surface area contributed by atoms with Gasteiger partial charge in [-0.25, -0.2) is 0 Å². The summed E-state index contributed by atoms with van der Waals surface area (Å²) in [6, 6.07) is 1.98. The van der Waals surface area contributed by atoms with Gasteiger partial charge in [0.2, 0.25) is 10.8 Å². The SMILES string of the molecule is Cc1cc(-c2nn3c(C(F)(F)Cl)nnc3s2)sc1C. The minimum Gasteiger partial charge on any atom is -0.179 e. The van der Waals surface area contributed by atoms with Gasteiger partial charge in [-0.2, -0.15) is 18.4 Å². The molecule has 0 aromatic carbocycles. The third-order valence-corrected chi connectivity index (χ3v) is 5.01. The van der Waals surface area contributed by atoms with Crippen molar-refractivity contribution in [1.29, 1.82) is 0 Å². The van der Waals surface area contributed by atoms with Crippen LogP contribution >= 0.6 is 34.3 Å². The van der Waals surface area contributed by atoms with Crippen molar-refractivity contribution < 1.29 is 8.78 Å². The maximum absolute atomic E-state index is 13.1. The highest BCUT2D eigenvalue weighted by molar-refractivity contribution is 7.24. The number of aryl methyl sites for hydroxylation is 2. The number of aromatic nitrogens is 4. The monoisotopic (exact) mass is 320 g/mol. The van der Waals surface area contributed by atoms with Crippen molar-refractivity contribution in [3.63, 3.8) is 0 Å². The Labute approximate surface area is 119 Å². The quantitative estimate of drug-likeness (QED) is 0.674. The second kappa shape index (κ2) is 4.19. The molecule has 4 nitrogen and oxygen atoms in total. The number of halogens is 3. The normalized spacial score (nSPS) is 12.5. The number of hydrogen-bond acceptors (Lipinski definition) is 5. The van der Waals surface area contributed by atoms with Gasteiger partial charge in [-0.1, -0.05) is 11.3 Å². The molecule has 0 fully saturated rings. The number of nitrogens with zero attached hydrogens (tertiary/aromatic N) is 4. The summed E-state index contributed by atoms with van der Waals surface area (Å²) < 4.78 is 27.2. The maximum atomic E-state index is 13.1. The lowest BCUT2D eigenvalue weighted by Gasteiger charge is -2.01. The lowest BCUT2D eigenvalue weighted by Crippen LogP contribution is -2.10. The zero-order valence-corrected chi connectivity index (χ0v) is 12.2. The van der Waals surface area contributed by atoms with Gasteiger partial charge in [0.15, 0.2) is 5.01 Å². The van der Waals surface area contributed by atoms with Crippen molar-refractivity contribution in [2.75, 3.05) is 0 Å². The van der Waals surface area contributed by atoms with E-state index in [4.69, 9.17) is 11.6 Å². The fourth-order valence-corrected chi connectivity index (χ4v) is 3.60. The molecule has 0 aliphatic heterocycles. The highest BCUT2D eigenvalue weighted by atomic mass is 35.5. The molecule has 9 heteroatoms. The van der Waals surface area contributed by atoms with Gasteiger partial charge < -0.3 is 0 Å². The molecule has 19 heavy (non-hydrogen) atoms. The van der Waals surface area contributed by atoms with Gasteiger partial charge in [0.05, 0.1) is 4.88 Å². The number of alkyl halides is 3. The third-order valence-electron chi connectivity index (χ3n) is 2.62. The summed E-state index contributed by atoms with van der Waals surface area (Å²) >= 11 is 7.75. The Morgan fingerprint density at radius 1 is 1.26 bits per heavy atom. The molecule has 0 saturated carbocycles. The minimum atomic E-state index is -3.58. The zero-order chi connectivity index (χ0) is 13.8. The lowest BCUT2D eigenvalue weighted by molar-refractivity contribution is 0.0821. The number of thiophene rings is 1. The fraction of sp³-hybridized carbons (Fsp3) is 0.300. The average molecular weight is 321 g/mol. The molecule has 0 aliphatic rings. The van der Waals surface area contributed by atoms with Crippen molar-refractivity contribution >= 4 is 39.2 Å². The Bertz CT molecular complexity index is 736. The van der Waals surface area contributed by atoms with Crippen molar-refractivity contribution in [1.82, 2.24) is 19.8 Å². The molecule has 0 aliphatic carbocycles. The number of rotatable bonds is 2. The van der Waals surface area contributed by atoms with Gasteiger partial charge in [0.1, 0.15) is 0 Å². The Kier molecular flexibility index (Phi) is 2.84. The standard InChI is InChI=1S/C10H7ClF2N4S2/c1-4-3-6(18-5(4)2)7-16-17-8(10(11,12)13)14-15-9(17)19-7/h3H,1-2H3. The van der Waals surface area contributed by atoms with Crippen LogP contribution in [0.5, 0.6) is 0 Å². The molecule has 3 aromatic heterocycles. The predicted molar refractivity (Wildman–Crippen MR) is 71.2 cm³/mol. The molecule has 0 atom stereocenters. The summed E-state index contributed by atoms with van der Waals surface area (Å²) in [7, 11) is 0. The predicted octanol–water partition coefficient (Wildman–Crippen LogP) is 3.82. The molecule has 3 rings (SSSR count). The van der Waals surface area contributed by atoms with E-state index < -0.39 is 11.2 Å². The van der Waals surface area contributed by atoms with Crippen molar-refractivity contribution in [3.8, 4) is 9.88 Å². The van der Waals surface area contributed by atoms with E-state index in [0.29, 0.717) is 9.97 Å². The topological polar surface area (TPSA) is 43.1 Å². The minimum absolute atomic E-state index is 0.300. The average Bonchev–Trinajstić information content (AvgIpc) is 2.90. The molecule has 0 spiro atoms. The first kappa shape index (κ1) is 12.9. The van der Waals surface area contributed by atoms with Crippen LogP contribution in [0.25, 0.3) is 14.8 Å². The first-order valence-corrected chi connectivity index (χ1v) is 7.24. The van der Waals surface area contributed by atoms with Gasteiger partial charge in [0.25, 0.3) is 0 Å². The van der Waals surface area contributed by atoms with E-state index in [-0.39, 0.29) is 0 Å². The fourth-order valence-electron chi connectivity index (χ4n) is 1.57. The van der Waals surface area contributed by atoms with E-state index >= 15 is 0 Å². The summed E-state index contributed by atoms with van der Waals surface area (Å²) in [5, 5.41) is 8.21. The van der Waals surface area contributed by atoms with Crippen LogP contribution in [0.3, 0.4) is 0 Å². The molecule has 0 bridgehead atoms. The van der Waals surface area contributed by atoms with Gasteiger partial charge in [-0.15, -0.1) is 21.5 Å². The molecular weight excluding hydrogens is 314 g/mol. The lowest BCUT2D eigenvalue weighted by atomic mass is 10.3. The van der Waals surface area contributed by atoms with E-state index in [9.17, 15) is 8.78 Å². The van der Waals surface area contributed by atoms with Gasteiger partial charge >= 0.3 is 5.38 Å². The van der Waals surface area contributed by atoms with E-state index in [1.54, 1.807) is 11.3 Å². The van der Waals surface area contributed by atoms with Crippen LogP contribution in [0.4, 0.5) is 8.78 Å². The molecule has 0 N–H and O–H groups in total. The second-order valence-corrected chi connectivity index (χ2v) is 6.66.